The topological polar surface area (TPSA) is 50.5 Å². The number of carbonyl (C=O) groups is 2. The molecule has 0 fully saturated rings. The summed E-state index contributed by atoms with van der Waals surface area (Å²) in [5, 5.41) is 0.961. The number of carbonyl (C=O) groups excluding carboxylic acids is 2. The molecule has 0 unspecified atom stereocenters. The quantitative estimate of drug-likeness (QED) is 0.343. The molecule has 2 amide bonds. The van der Waals surface area contributed by atoms with E-state index < -0.39 is 0 Å². The zero-order valence-electron chi connectivity index (χ0n) is 15.8. The minimum absolute atomic E-state index is 0.321. The van der Waals surface area contributed by atoms with E-state index in [-0.39, 0.29) is 11.8 Å². The number of para-hydroxylation sites is 1. The Kier molecular flexibility index (Phi) is 3.91. The van der Waals surface area contributed by atoms with Crippen molar-refractivity contribution >= 4 is 40.1 Å². The highest BCUT2D eigenvalue weighted by atomic mass is 16.3. The molecular formula is C25H17NO3. The van der Waals surface area contributed by atoms with Crippen molar-refractivity contribution in [2.24, 2.45) is 0 Å². The second kappa shape index (κ2) is 6.60. The van der Waals surface area contributed by atoms with Gasteiger partial charge < -0.3 is 4.42 Å². The fraction of sp³-hybridized carbons (Fsp3) is 0.0400. The summed E-state index contributed by atoms with van der Waals surface area (Å²) in [6.07, 6.45) is 1.72. The Morgan fingerprint density at radius 1 is 0.793 bits per heavy atom. The van der Waals surface area contributed by atoms with Gasteiger partial charge in [0.25, 0.3) is 11.8 Å². The third-order valence-electron chi connectivity index (χ3n) is 5.08. The first kappa shape index (κ1) is 17.2. The molecule has 0 saturated heterocycles. The number of rotatable bonds is 2. The predicted molar refractivity (Wildman–Crippen MR) is 114 cm³/mol. The van der Waals surface area contributed by atoms with Crippen LogP contribution in [-0.2, 0) is 4.79 Å². The van der Waals surface area contributed by atoms with Crippen LogP contribution in [-0.4, -0.2) is 11.8 Å². The highest BCUT2D eigenvalue weighted by Gasteiger charge is 2.35. The van der Waals surface area contributed by atoms with E-state index in [1.54, 1.807) is 30.3 Å². The van der Waals surface area contributed by atoms with Crippen LogP contribution in [0, 0.1) is 6.92 Å². The molecule has 4 nitrogen and oxygen atoms in total. The highest BCUT2D eigenvalue weighted by Crippen LogP contribution is 2.34. The molecular weight excluding hydrogens is 362 g/mol. The predicted octanol–water partition coefficient (Wildman–Crippen LogP) is 5.47. The van der Waals surface area contributed by atoms with E-state index >= 15 is 0 Å². The lowest BCUT2D eigenvalue weighted by atomic mass is 9.92. The summed E-state index contributed by atoms with van der Waals surface area (Å²) < 4.78 is 5.89. The lowest BCUT2D eigenvalue weighted by Crippen LogP contribution is -2.41. The number of hydrogen-bond acceptors (Lipinski definition) is 3. The molecule has 140 valence electrons. The van der Waals surface area contributed by atoms with E-state index in [9.17, 15) is 9.59 Å². The van der Waals surface area contributed by atoms with Crippen LogP contribution in [0.5, 0.6) is 0 Å². The van der Waals surface area contributed by atoms with Gasteiger partial charge in [-0.3, -0.25) is 9.59 Å². The van der Waals surface area contributed by atoms with Crippen LogP contribution >= 0.6 is 0 Å². The number of imide groups is 1. The van der Waals surface area contributed by atoms with Gasteiger partial charge in [0.15, 0.2) is 0 Å². The number of aryl methyl sites for hydroxylation is 1. The smallest absolute Gasteiger partial charge is 0.266 e. The molecule has 4 aromatic rings. The molecule has 1 aromatic heterocycles. The van der Waals surface area contributed by atoms with Gasteiger partial charge in [-0.2, -0.15) is 0 Å². The third kappa shape index (κ3) is 2.86. The molecule has 4 heteroatoms. The van der Waals surface area contributed by atoms with E-state index in [4.69, 9.17) is 4.42 Å². The van der Waals surface area contributed by atoms with E-state index in [1.165, 1.54) is 4.90 Å². The van der Waals surface area contributed by atoms with Crippen LogP contribution in [0.15, 0.2) is 83.3 Å². The van der Waals surface area contributed by atoms with Crippen molar-refractivity contribution in [1.82, 2.24) is 0 Å². The molecule has 0 saturated carbocycles. The lowest BCUT2D eigenvalue weighted by molar-refractivity contribution is -0.112. The summed E-state index contributed by atoms with van der Waals surface area (Å²) in [6, 6.07) is 24.1. The van der Waals surface area contributed by atoms with Gasteiger partial charge in [0.1, 0.15) is 11.3 Å². The van der Waals surface area contributed by atoms with E-state index in [0.717, 1.165) is 16.5 Å². The third-order valence-corrected chi connectivity index (χ3v) is 5.08. The maximum atomic E-state index is 13.4. The molecule has 5 rings (SSSR count). The number of benzene rings is 3. The fourth-order valence-corrected chi connectivity index (χ4v) is 3.71. The molecule has 0 aliphatic carbocycles. The summed E-state index contributed by atoms with van der Waals surface area (Å²) in [5.74, 6) is -0.111. The van der Waals surface area contributed by atoms with Crippen LogP contribution in [0.2, 0.25) is 0 Å². The van der Waals surface area contributed by atoms with Crippen molar-refractivity contribution in [1.29, 1.82) is 0 Å². The van der Waals surface area contributed by atoms with Crippen LogP contribution in [0.1, 0.15) is 27.2 Å². The van der Waals surface area contributed by atoms with E-state index in [1.807, 2.05) is 61.5 Å². The number of nitrogens with zero attached hydrogens (tertiary/aromatic N) is 1. The van der Waals surface area contributed by atoms with Gasteiger partial charge in [-0.15, -0.1) is 0 Å². The summed E-state index contributed by atoms with van der Waals surface area (Å²) in [5.41, 5.74) is 3.83. The first-order valence-corrected chi connectivity index (χ1v) is 9.37. The number of hydrogen-bond donors (Lipinski definition) is 0. The van der Waals surface area contributed by atoms with Gasteiger partial charge in [0.05, 0.1) is 11.3 Å². The Hall–Kier alpha value is -3.92. The molecule has 0 N–H and O–H groups in total. The molecule has 0 radical (unpaired) electrons. The van der Waals surface area contributed by atoms with Crippen molar-refractivity contribution in [2.45, 2.75) is 6.92 Å². The van der Waals surface area contributed by atoms with Gasteiger partial charge in [-0.25, -0.2) is 4.90 Å². The largest absolute Gasteiger partial charge is 0.457 e. The lowest BCUT2D eigenvalue weighted by Gasteiger charge is -2.28. The summed E-state index contributed by atoms with van der Waals surface area (Å²) in [7, 11) is 0. The molecule has 0 atom stereocenters. The van der Waals surface area contributed by atoms with E-state index in [2.05, 4.69) is 0 Å². The average molecular weight is 379 g/mol. The van der Waals surface area contributed by atoms with Gasteiger partial charge in [-0.05, 0) is 48.9 Å². The fourth-order valence-electron chi connectivity index (χ4n) is 3.71. The molecule has 3 aromatic carbocycles. The Morgan fingerprint density at radius 2 is 1.55 bits per heavy atom. The van der Waals surface area contributed by atoms with Crippen LogP contribution < -0.4 is 4.90 Å². The second-order valence-corrected chi connectivity index (χ2v) is 7.07. The minimum Gasteiger partial charge on any atom is -0.457 e. The van der Waals surface area contributed by atoms with Crippen molar-refractivity contribution in [3.63, 3.8) is 0 Å². The molecule has 29 heavy (non-hydrogen) atoms. The Morgan fingerprint density at radius 3 is 2.34 bits per heavy atom. The maximum absolute atomic E-state index is 13.4. The number of anilines is 1. The molecule has 0 bridgehead atoms. The second-order valence-electron chi connectivity index (χ2n) is 7.07. The molecule has 0 spiro atoms. The minimum atomic E-state index is -0.361. The number of amides is 2. The van der Waals surface area contributed by atoms with Crippen LogP contribution in [0.25, 0.3) is 22.6 Å². The standard InChI is InChI=1S/C25H17NO3/c1-16-7-6-9-18(13-16)26-24(27)21-11-4-3-10-20(21)22(25(26)28)15-19-14-17-8-2-5-12-23(17)29-19/h2-15H,1H3/b22-15+. The summed E-state index contributed by atoms with van der Waals surface area (Å²) in [4.78, 5) is 27.8. The number of furan rings is 1. The number of fused-ring (bicyclic) bond motifs is 2. The van der Waals surface area contributed by atoms with Crippen molar-refractivity contribution in [3.05, 3.63) is 101 Å². The Balaban J connectivity index is 1.70. The van der Waals surface area contributed by atoms with Crippen LogP contribution in [0.4, 0.5) is 5.69 Å². The zero-order chi connectivity index (χ0) is 20.0. The first-order chi connectivity index (χ1) is 14.1. The molecule has 2 heterocycles. The monoisotopic (exact) mass is 379 g/mol. The van der Waals surface area contributed by atoms with Gasteiger partial charge >= 0.3 is 0 Å². The normalized spacial score (nSPS) is 15.2. The highest BCUT2D eigenvalue weighted by molar-refractivity contribution is 6.43. The Labute approximate surface area is 167 Å². The molecule has 1 aliphatic rings. The average Bonchev–Trinajstić information content (AvgIpc) is 3.14. The maximum Gasteiger partial charge on any atom is 0.266 e. The SMILES string of the molecule is Cc1cccc(N2C(=O)/C(=C/c3cc4ccccc4o3)c3ccccc3C2=O)c1. The zero-order valence-corrected chi connectivity index (χ0v) is 15.8. The van der Waals surface area contributed by atoms with Gasteiger partial charge in [0, 0.05) is 16.5 Å². The van der Waals surface area contributed by atoms with Crippen molar-refractivity contribution < 1.29 is 14.0 Å². The summed E-state index contributed by atoms with van der Waals surface area (Å²) in [6.45, 7) is 1.93. The van der Waals surface area contributed by atoms with Gasteiger partial charge in [-0.1, -0.05) is 48.5 Å². The first-order valence-electron chi connectivity index (χ1n) is 9.37. The molecule has 1 aliphatic heterocycles. The van der Waals surface area contributed by atoms with E-state index in [0.29, 0.717) is 28.1 Å². The Bertz CT molecular complexity index is 1280. The van der Waals surface area contributed by atoms with Crippen LogP contribution in [0.3, 0.4) is 0 Å². The summed E-state index contributed by atoms with van der Waals surface area (Å²) >= 11 is 0. The van der Waals surface area contributed by atoms with Gasteiger partial charge in [0.2, 0.25) is 0 Å². The van der Waals surface area contributed by atoms with Crippen molar-refractivity contribution in [2.75, 3.05) is 4.90 Å². The van der Waals surface area contributed by atoms with Crippen molar-refractivity contribution in [3.8, 4) is 0 Å².